The number of hydrogen-bond acceptors (Lipinski definition) is 2. The lowest BCUT2D eigenvalue weighted by Gasteiger charge is -2.14. The third kappa shape index (κ3) is 2.33. The number of H-pyrrole nitrogens is 1. The molecule has 2 heterocycles. The quantitative estimate of drug-likeness (QED) is 0.839. The maximum Gasteiger partial charge on any atom is 0.268 e. The van der Waals surface area contributed by atoms with Crippen molar-refractivity contribution in [3.05, 3.63) is 46.4 Å². The van der Waals surface area contributed by atoms with E-state index in [4.69, 9.17) is 0 Å². The Morgan fingerprint density at radius 2 is 2.38 bits per heavy atom. The van der Waals surface area contributed by atoms with Crippen LogP contribution in [0.3, 0.4) is 0 Å². The van der Waals surface area contributed by atoms with Crippen LogP contribution in [0.25, 0.3) is 0 Å². The molecular weight excluding hydrogens is 220 g/mol. The molecule has 0 spiro atoms. The fourth-order valence-corrected chi connectivity index (χ4v) is 2.43. The maximum absolute atomic E-state index is 11.8. The number of thiophene rings is 1. The van der Waals surface area contributed by atoms with Crippen molar-refractivity contribution in [2.75, 3.05) is 0 Å². The molecule has 0 saturated heterocycles. The van der Waals surface area contributed by atoms with E-state index in [2.05, 4.69) is 17.2 Å². The number of carbonyl (C=O) groups excluding carboxylic acids is 1. The molecule has 2 N–H and O–H groups in total. The average molecular weight is 234 g/mol. The molecule has 0 aliphatic carbocycles. The van der Waals surface area contributed by atoms with Gasteiger partial charge in [-0.25, -0.2) is 0 Å². The Hall–Kier alpha value is -1.55. The second kappa shape index (κ2) is 4.99. The van der Waals surface area contributed by atoms with Gasteiger partial charge in [-0.05, 0) is 30.0 Å². The summed E-state index contributed by atoms with van der Waals surface area (Å²) in [6.45, 7) is 2.07. The Morgan fingerprint density at radius 1 is 1.50 bits per heavy atom. The molecule has 0 fully saturated rings. The Kier molecular flexibility index (Phi) is 3.41. The van der Waals surface area contributed by atoms with Crippen LogP contribution >= 0.6 is 11.3 Å². The average Bonchev–Trinajstić information content (AvgIpc) is 2.96. The largest absolute Gasteiger partial charge is 0.357 e. The second-order valence-electron chi connectivity index (χ2n) is 3.53. The summed E-state index contributed by atoms with van der Waals surface area (Å²) in [6.07, 6.45) is 2.65. The number of nitrogens with one attached hydrogen (secondary N) is 2. The highest BCUT2D eigenvalue weighted by molar-refractivity contribution is 7.10. The first-order chi connectivity index (χ1) is 7.81. The van der Waals surface area contributed by atoms with E-state index in [9.17, 15) is 4.79 Å². The van der Waals surface area contributed by atoms with Crippen molar-refractivity contribution in [3.8, 4) is 0 Å². The summed E-state index contributed by atoms with van der Waals surface area (Å²) in [4.78, 5) is 15.9. The summed E-state index contributed by atoms with van der Waals surface area (Å²) in [7, 11) is 0. The van der Waals surface area contributed by atoms with Crippen LogP contribution in [0.2, 0.25) is 0 Å². The minimum absolute atomic E-state index is 0.0507. The number of carbonyl (C=O) groups is 1. The van der Waals surface area contributed by atoms with Crippen molar-refractivity contribution in [2.24, 2.45) is 0 Å². The molecule has 16 heavy (non-hydrogen) atoms. The summed E-state index contributed by atoms with van der Waals surface area (Å²) in [6, 6.07) is 7.75. The van der Waals surface area contributed by atoms with Gasteiger partial charge in [0.1, 0.15) is 5.69 Å². The first-order valence-electron chi connectivity index (χ1n) is 5.29. The molecule has 3 nitrogen and oxygen atoms in total. The third-order valence-corrected chi connectivity index (χ3v) is 3.43. The van der Waals surface area contributed by atoms with Gasteiger partial charge in [0.05, 0.1) is 6.04 Å². The summed E-state index contributed by atoms with van der Waals surface area (Å²) in [5.74, 6) is -0.0507. The van der Waals surface area contributed by atoms with Crippen molar-refractivity contribution >= 4 is 17.2 Å². The standard InChI is InChI=1S/C12H14N2OS/c1-2-9(11-6-4-8-16-11)14-12(15)10-5-3-7-13-10/h3-9,13H,2H2,1H3,(H,14,15). The lowest BCUT2D eigenvalue weighted by molar-refractivity contribution is 0.0932. The normalized spacial score (nSPS) is 12.3. The molecule has 1 amide bonds. The van der Waals surface area contributed by atoms with Crippen molar-refractivity contribution < 1.29 is 4.79 Å². The molecule has 84 valence electrons. The Balaban J connectivity index is 2.05. The fraction of sp³-hybridized carbons (Fsp3) is 0.250. The lowest BCUT2D eigenvalue weighted by Crippen LogP contribution is -2.27. The summed E-state index contributed by atoms with van der Waals surface area (Å²) in [5.41, 5.74) is 0.606. The Morgan fingerprint density at radius 3 is 2.94 bits per heavy atom. The van der Waals surface area contributed by atoms with Gasteiger partial charge in [0.25, 0.3) is 5.91 Å². The number of amides is 1. The second-order valence-corrected chi connectivity index (χ2v) is 4.51. The van der Waals surface area contributed by atoms with Crippen LogP contribution in [-0.2, 0) is 0 Å². The van der Waals surface area contributed by atoms with Crippen LogP contribution < -0.4 is 5.32 Å². The highest BCUT2D eigenvalue weighted by Gasteiger charge is 2.14. The Labute approximate surface area is 98.5 Å². The molecule has 1 unspecified atom stereocenters. The molecule has 2 aromatic heterocycles. The summed E-state index contributed by atoms with van der Waals surface area (Å²) < 4.78 is 0. The minimum Gasteiger partial charge on any atom is -0.357 e. The molecule has 0 aromatic carbocycles. The third-order valence-electron chi connectivity index (χ3n) is 2.44. The molecule has 2 rings (SSSR count). The van der Waals surface area contributed by atoms with Crippen LogP contribution in [0, 0.1) is 0 Å². The molecule has 0 saturated carbocycles. The molecule has 4 heteroatoms. The molecule has 0 aliphatic heterocycles. The van der Waals surface area contributed by atoms with Crippen molar-refractivity contribution in [1.82, 2.24) is 10.3 Å². The predicted molar refractivity (Wildman–Crippen MR) is 65.6 cm³/mol. The van der Waals surface area contributed by atoms with Crippen LogP contribution in [-0.4, -0.2) is 10.9 Å². The number of aromatic nitrogens is 1. The lowest BCUT2D eigenvalue weighted by atomic mass is 10.2. The number of hydrogen-bond donors (Lipinski definition) is 2. The van der Waals surface area contributed by atoms with Gasteiger partial charge in [-0.3, -0.25) is 4.79 Å². The zero-order valence-corrected chi connectivity index (χ0v) is 9.88. The molecular formula is C12H14N2OS. The van der Waals surface area contributed by atoms with Gasteiger partial charge in [0, 0.05) is 11.1 Å². The zero-order chi connectivity index (χ0) is 11.4. The monoisotopic (exact) mass is 234 g/mol. The zero-order valence-electron chi connectivity index (χ0n) is 9.07. The van der Waals surface area contributed by atoms with E-state index in [1.807, 2.05) is 23.6 Å². The van der Waals surface area contributed by atoms with Crippen LogP contribution in [0.5, 0.6) is 0 Å². The molecule has 2 aromatic rings. The molecule has 0 bridgehead atoms. The van der Waals surface area contributed by atoms with Crippen LogP contribution in [0.15, 0.2) is 35.8 Å². The SMILES string of the molecule is CCC(NC(=O)c1ccc[nH]1)c1cccs1. The number of rotatable bonds is 4. The van der Waals surface area contributed by atoms with Crippen molar-refractivity contribution in [1.29, 1.82) is 0 Å². The first kappa shape index (κ1) is 11.0. The van der Waals surface area contributed by atoms with Crippen LogP contribution in [0.4, 0.5) is 0 Å². The number of aromatic amines is 1. The molecule has 1 atom stereocenters. The van der Waals surface area contributed by atoms with Gasteiger partial charge in [-0.15, -0.1) is 11.3 Å². The van der Waals surface area contributed by atoms with E-state index in [1.165, 1.54) is 4.88 Å². The van der Waals surface area contributed by atoms with Gasteiger partial charge in [0.15, 0.2) is 0 Å². The van der Waals surface area contributed by atoms with Gasteiger partial charge >= 0.3 is 0 Å². The smallest absolute Gasteiger partial charge is 0.268 e. The van der Waals surface area contributed by atoms with Crippen LogP contribution in [0.1, 0.15) is 34.8 Å². The van der Waals surface area contributed by atoms with E-state index in [0.717, 1.165) is 6.42 Å². The minimum atomic E-state index is -0.0507. The Bertz CT molecular complexity index is 434. The van der Waals surface area contributed by atoms with E-state index in [0.29, 0.717) is 5.69 Å². The highest BCUT2D eigenvalue weighted by atomic mass is 32.1. The predicted octanol–water partition coefficient (Wildman–Crippen LogP) is 2.96. The molecule has 0 aliphatic rings. The van der Waals surface area contributed by atoms with E-state index < -0.39 is 0 Å². The van der Waals surface area contributed by atoms with Gasteiger partial charge < -0.3 is 10.3 Å². The maximum atomic E-state index is 11.8. The van der Waals surface area contributed by atoms with E-state index in [1.54, 1.807) is 23.6 Å². The fourth-order valence-electron chi connectivity index (χ4n) is 1.57. The molecule has 0 radical (unpaired) electrons. The van der Waals surface area contributed by atoms with E-state index in [-0.39, 0.29) is 11.9 Å². The van der Waals surface area contributed by atoms with Crippen molar-refractivity contribution in [2.45, 2.75) is 19.4 Å². The van der Waals surface area contributed by atoms with E-state index >= 15 is 0 Å². The van der Waals surface area contributed by atoms with Gasteiger partial charge in [0.2, 0.25) is 0 Å². The van der Waals surface area contributed by atoms with Crippen molar-refractivity contribution in [3.63, 3.8) is 0 Å². The summed E-state index contributed by atoms with van der Waals surface area (Å²) >= 11 is 1.67. The first-order valence-corrected chi connectivity index (χ1v) is 6.17. The van der Waals surface area contributed by atoms with Gasteiger partial charge in [-0.2, -0.15) is 0 Å². The summed E-state index contributed by atoms with van der Waals surface area (Å²) in [5, 5.41) is 5.04. The highest BCUT2D eigenvalue weighted by Crippen LogP contribution is 2.21. The van der Waals surface area contributed by atoms with Gasteiger partial charge in [-0.1, -0.05) is 13.0 Å². The topological polar surface area (TPSA) is 44.9 Å².